The average molecular weight is 269 g/mol. The molecule has 1 aromatic carbocycles. The lowest BCUT2D eigenvalue weighted by atomic mass is 10.2. The zero-order valence-corrected chi connectivity index (χ0v) is 10.6. The minimum Gasteiger partial charge on any atom is -0.312 e. The van der Waals surface area contributed by atoms with Gasteiger partial charge < -0.3 is 4.90 Å². The molecule has 1 amide bonds. The van der Waals surface area contributed by atoms with Crippen molar-refractivity contribution < 1.29 is 13.2 Å². The molecule has 1 saturated heterocycles. The third-order valence-electron chi connectivity index (χ3n) is 2.80. The molecule has 7 heteroatoms. The number of hydrogen-bond acceptors (Lipinski definition) is 3. The third kappa shape index (κ3) is 3.28. The monoisotopic (exact) mass is 269 g/mol. The average Bonchev–Trinajstić information content (AvgIpc) is 2.73. The first-order chi connectivity index (χ1) is 8.46. The Morgan fingerprint density at radius 1 is 1.28 bits per heavy atom. The lowest BCUT2D eigenvalue weighted by Gasteiger charge is -2.15. The second kappa shape index (κ2) is 5.05. The van der Waals surface area contributed by atoms with E-state index in [0.717, 1.165) is 24.2 Å². The molecule has 0 saturated carbocycles. The largest absolute Gasteiger partial charge is 0.312 e. The van der Waals surface area contributed by atoms with E-state index in [0.29, 0.717) is 6.42 Å². The van der Waals surface area contributed by atoms with Crippen LogP contribution >= 0.6 is 0 Å². The fourth-order valence-electron chi connectivity index (χ4n) is 1.90. The van der Waals surface area contributed by atoms with Gasteiger partial charge in [-0.05, 0) is 24.1 Å². The molecule has 18 heavy (non-hydrogen) atoms. The number of hydrogen-bond donors (Lipinski definition) is 2. The molecule has 3 N–H and O–H groups in total. The van der Waals surface area contributed by atoms with Gasteiger partial charge in [0.05, 0.1) is 0 Å². The first kappa shape index (κ1) is 13.0. The molecule has 0 atom stereocenters. The molecule has 0 aromatic heterocycles. The summed E-state index contributed by atoms with van der Waals surface area (Å²) in [5, 5.41) is 4.84. The van der Waals surface area contributed by atoms with Crippen molar-refractivity contribution in [1.29, 1.82) is 0 Å². The van der Waals surface area contributed by atoms with Gasteiger partial charge >= 0.3 is 0 Å². The summed E-state index contributed by atoms with van der Waals surface area (Å²) < 4.78 is 23.7. The molecular formula is C11H15N3O3S. The summed E-state index contributed by atoms with van der Waals surface area (Å²) >= 11 is 0. The van der Waals surface area contributed by atoms with Crippen molar-refractivity contribution in [2.75, 3.05) is 11.4 Å². The van der Waals surface area contributed by atoms with Crippen LogP contribution < -0.4 is 14.8 Å². The highest BCUT2D eigenvalue weighted by Gasteiger charge is 2.21. The van der Waals surface area contributed by atoms with E-state index < -0.39 is 10.2 Å². The van der Waals surface area contributed by atoms with Gasteiger partial charge in [-0.1, -0.05) is 12.1 Å². The van der Waals surface area contributed by atoms with E-state index in [1.807, 2.05) is 12.1 Å². The van der Waals surface area contributed by atoms with Crippen LogP contribution in [0.5, 0.6) is 0 Å². The van der Waals surface area contributed by atoms with Gasteiger partial charge in [-0.3, -0.25) is 4.79 Å². The van der Waals surface area contributed by atoms with Gasteiger partial charge in [0.15, 0.2) is 0 Å². The van der Waals surface area contributed by atoms with Crippen LogP contribution in [-0.4, -0.2) is 20.9 Å². The number of anilines is 1. The maximum absolute atomic E-state index is 11.5. The fourth-order valence-corrected chi connectivity index (χ4v) is 2.27. The van der Waals surface area contributed by atoms with E-state index in [4.69, 9.17) is 5.14 Å². The molecule has 0 unspecified atom stereocenters. The summed E-state index contributed by atoms with van der Waals surface area (Å²) in [5.74, 6) is 0.130. The molecule has 1 aromatic rings. The third-order valence-corrected chi connectivity index (χ3v) is 3.35. The molecule has 6 nitrogen and oxygen atoms in total. The molecule has 1 fully saturated rings. The highest BCUT2D eigenvalue weighted by atomic mass is 32.2. The first-order valence-electron chi connectivity index (χ1n) is 5.62. The number of nitrogens with one attached hydrogen (secondary N) is 1. The van der Waals surface area contributed by atoms with Gasteiger partial charge in [-0.15, -0.1) is 0 Å². The number of nitrogens with two attached hydrogens (primary N) is 1. The number of nitrogens with zero attached hydrogens (tertiary/aromatic N) is 1. The lowest BCUT2D eigenvalue weighted by molar-refractivity contribution is -0.117. The minimum atomic E-state index is -3.67. The molecule has 0 bridgehead atoms. The Labute approximate surface area is 106 Å². The number of amides is 1. The molecule has 1 aliphatic rings. The topological polar surface area (TPSA) is 92.5 Å². The standard InChI is InChI=1S/C11H15N3O3S/c12-18(16,17)13-8-9-3-5-10(6-4-9)14-7-1-2-11(14)15/h3-6,13H,1-2,7-8H2,(H2,12,16,17). The zero-order chi connectivity index (χ0) is 13.2. The molecule has 1 heterocycles. The summed E-state index contributed by atoms with van der Waals surface area (Å²) in [7, 11) is -3.67. The van der Waals surface area contributed by atoms with Crippen molar-refractivity contribution in [2.24, 2.45) is 5.14 Å². The lowest BCUT2D eigenvalue weighted by Crippen LogP contribution is -2.30. The van der Waals surface area contributed by atoms with Crippen LogP contribution in [-0.2, 0) is 21.5 Å². The van der Waals surface area contributed by atoms with Crippen molar-refractivity contribution in [2.45, 2.75) is 19.4 Å². The molecule has 1 aliphatic heterocycles. The Kier molecular flexibility index (Phi) is 3.65. The van der Waals surface area contributed by atoms with Crippen molar-refractivity contribution in [3.8, 4) is 0 Å². The van der Waals surface area contributed by atoms with Crippen LogP contribution in [0.3, 0.4) is 0 Å². The van der Waals surface area contributed by atoms with E-state index in [9.17, 15) is 13.2 Å². The highest BCUT2D eigenvalue weighted by molar-refractivity contribution is 7.87. The molecule has 0 radical (unpaired) electrons. The normalized spacial score (nSPS) is 16.3. The summed E-state index contributed by atoms with van der Waals surface area (Å²) in [6, 6.07) is 7.17. The number of carbonyl (C=O) groups is 1. The maximum atomic E-state index is 11.5. The van der Waals surface area contributed by atoms with E-state index in [1.54, 1.807) is 17.0 Å². The van der Waals surface area contributed by atoms with Crippen molar-refractivity contribution in [1.82, 2.24) is 4.72 Å². The molecule has 98 valence electrons. The smallest absolute Gasteiger partial charge is 0.274 e. The predicted molar refractivity (Wildman–Crippen MR) is 68.0 cm³/mol. The van der Waals surface area contributed by atoms with Gasteiger partial charge in [-0.25, -0.2) is 5.14 Å². The number of rotatable bonds is 4. The van der Waals surface area contributed by atoms with Gasteiger partial charge in [0.2, 0.25) is 5.91 Å². The van der Waals surface area contributed by atoms with Gasteiger partial charge in [0.1, 0.15) is 0 Å². The van der Waals surface area contributed by atoms with Crippen molar-refractivity contribution in [3.05, 3.63) is 29.8 Å². The predicted octanol–water partition coefficient (Wildman–Crippen LogP) is 0.107. The minimum absolute atomic E-state index is 0.130. The van der Waals surface area contributed by atoms with Crippen LogP contribution in [0, 0.1) is 0 Å². The molecule has 0 spiro atoms. The Morgan fingerprint density at radius 3 is 2.44 bits per heavy atom. The molecular weight excluding hydrogens is 254 g/mol. The van der Waals surface area contributed by atoms with E-state index in [1.165, 1.54) is 0 Å². The van der Waals surface area contributed by atoms with E-state index in [2.05, 4.69) is 4.72 Å². The molecule has 0 aliphatic carbocycles. The van der Waals surface area contributed by atoms with Gasteiger partial charge in [0, 0.05) is 25.2 Å². The maximum Gasteiger partial charge on any atom is 0.274 e. The second-order valence-electron chi connectivity index (χ2n) is 4.18. The van der Waals surface area contributed by atoms with Gasteiger partial charge in [-0.2, -0.15) is 13.1 Å². The number of benzene rings is 1. The summed E-state index contributed by atoms with van der Waals surface area (Å²) in [6.45, 7) is 0.890. The van der Waals surface area contributed by atoms with Crippen LogP contribution in [0.1, 0.15) is 18.4 Å². The van der Waals surface area contributed by atoms with Crippen LogP contribution in [0.4, 0.5) is 5.69 Å². The van der Waals surface area contributed by atoms with Crippen LogP contribution in [0.2, 0.25) is 0 Å². The Hall–Kier alpha value is -1.44. The van der Waals surface area contributed by atoms with Crippen molar-refractivity contribution >= 4 is 21.8 Å². The number of carbonyl (C=O) groups excluding carboxylic acids is 1. The van der Waals surface area contributed by atoms with Gasteiger partial charge in [0.25, 0.3) is 10.2 Å². The fraction of sp³-hybridized carbons (Fsp3) is 0.364. The molecule has 2 rings (SSSR count). The Bertz CT molecular complexity index is 539. The summed E-state index contributed by atoms with van der Waals surface area (Å²) in [5.41, 5.74) is 1.64. The van der Waals surface area contributed by atoms with Crippen molar-refractivity contribution in [3.63, 3.8) is 0 Å². The van der Waals surface area contributed by atoms with E-state index >= 15 is 0 Å². The highest BCUT2D eigenvalue weighted by Crippen LogP contribution is 2.21. The summed E-state index contributed by atoms with van der Waals surface area (Å²) in [4.78, 5) is 13.3. The zero-order valence-electron chi connectivity index (χ0n) is 9.80. The van der Waals surface area contributed by atoms with Crippen LogP contribution in [0.25, 0.3) is 0 Å². The second-order valence-corrected chi connectivity index (χ2v) is 5.56. The van der Waals surface area contributed by atoms with E-state index in [-0.39, 0.29) is 12.5 Å². The summed E-state index contributed by atoms with van der Waals surface area (Å²) in [6.07, 6.45) is 1.47. The quantitative estimate of drug-likeness (QED) is 0.812. The Balaban J connectivity index is 2.03. The Morgan fingerprint density at radius 2 is 1.94 bits per heavy atom. The first-order valence-corrected chi connectivity index (χ1v) is 7.17. The SMILES string of the molecule is NS(=O)(=O)NCc1ccc(N2CCCC2=O)cc1. The van der Waals surface area contributed by atoms with Crippen LogP contribution in [0.15, 0.2) is 24.3 Å².